The summed E-state index contributed by atoms with van der Waals surface area (Å²) < 4.78 is 31.4. The van der Waals surface area contributed by atoms with Crippen LogP contribution in [0.4, 0.5) is 8.78 Å². The Morgan fingerprint density at radius 3 is 2.89 bits per heavy atom. The number of rotatable bonds is 5. The largest absolute Gasteiger partial charge is 0.453 e. The number of alkyl halides is 2. The lowest BCUT2D eigenvalue weighted by Crippen LogP contribution is -2.23. The van der Waals surface area contributed by atoms with Crippen LogP contribution in [0.5, 0.6) is 0 Å². The van der Waals surface area contributed by atoms with E-state index in [1.165, 1.54) is 6.26 Å². The van der Waals surface area contributed by atoms with Crippen LogP contribution in [0.15, 0.2) is 16.7 Å². The number of furan rings is 1. The Labute approximate surface area is 111 Å². The maximum atomic E-state index is 13.2. The van der Waals surface area contributed by atoms with Crippen LogP contribution in [0.3, 0.4) is 0 Å². The molecule has 0 aromatic carbocycles. The molecule has 2 unspecified atom stereocenters. The van der Waals surface area contributed by atoms with Gasteiger partial charge >= 0.3 is 0 Å². The van der Waals surface area contributed by atoms with Gasteiger partial charge in [0.15, 0.2) is 5.22 Å². The maximum Gasteiger partial charge on any atom is 0.248 e. The van der Waals surface area contributed by atoms with Gasteiger partial charge in [-0.05, 0) is 43.0 Å². The van der Waals surface area contributed by atoms with Gasteiger partial charge < -0.3 is 9.73 Å². The molecule has 102 valence electrons. The molecule has 0 saturated heterocycles. The van der Waals surface area contributed by atoms with Crippen molar-refractivity contribution in [3.63, 3.8) is 0 Å². The molecule has 5 heteroatoms. The molecule has 1 N–H and O–H groups in total. The summed E-state index contributed by atoms with van der Waals surface area (Å²) in [6.07, 6.45) is 2.80. The van der Waals surface area contributed by atoms with Gasteiger partial charge in [-0.25, -0.2) is 8.78 Å². The molecule has 1 fully saturated rings. The van der Waals surface area contributed by atoms with E-state index in [2.05, 4.69) is 5.32 Å². The van der Waals surface area contributed by atoms with Crippen LogP contribution in [0.25, 0.3) is 0 Å². The zero-order valence-corrected chi connectivity index (χ0v) is 11.1. The molecule has 18 heavy (non-hydrogen) atoms. The molecule has 2 nitrogen and oxygen atoms in total. The highest BCUT2D eigenvalue weighted by Gasteiger charge is 2.40. The third kappa shape index (κ3) is 3.23. The Hall–Kier alpha value is -0.610. The summed E-state index contributed by atoms with van der Waals surface area (Å²) in [7, 11) is 0. The van der Waals surface area contributed by atoms with Crippen molar-refractivity contribution in [1.29, 1.82) is 0 Å². The van der Waals surface area contributed by atoms with Gasteiger partial charge in [-0.3, -0.25) is 0 Å². The smallest absolute Gasteiger partial charge is 0.248 e. The summed E-state index contributed by atoms with van der Waals surface area (Å²) in [6, 6.07) is 1.81. The first kappa shape index (κ1) is 13.8. The van der Waals surface area contributed by atoms with Crippen molar-refractivity contribution in [3.8, 4) is 0 Å². The molecule has 1 aromatic heterocycles. The van der Waals surface area contributed by atoms with E-state index < -0.39 is 5.92 Å². The third-order valence-electron chi connectivity index (χ3n) is 3.55. The lowest BCUT2D eigenvalue weighted by molar-refractivity contribution is 0.00431. The molecule has 0 radical (unpaired) electrons. The molecule has 1 aromatic rings. The molecule has 2 atom stereocenters. The lowest BCUT2D eigenvalue weighted by Gasteiger charge is -2.20. The molecule has 0 bridgehead atoms. The fourth-order valence-electron chi connectivity index (χ4n) is 2.70. The second-order valence-electron chi connectivity index (χ2n) is 4.96. The Morgan fingerprint density at radius 1 is 1.61 bits per heavy atom. The minimum absolute atomic E-state index is 0.000139. The summed E-state index contributed by atoms with van der Waals surface area (Å²) >= 11 is 5.96. The van der Waals surface area contributed by atoms with Crippen LogP contribution >= 0.6 is 11.6 Å². The van der Waals surface area contributed by atoms with Crippen molar-refractivity contribution in [3.05, 3.63) is 23.1 Å². The van der Waals surface area contributed by atoms with E-state index in [9.17, 15) is 8.78 Å². The molecule has 1 heterocycles. The molecule has 1 saturated carbocycles. The van der Waals surface area contributed by atoms with Crippen LogP contribution < -0.4 is 5.32 Å². The standard InChI is InChI=1S/C13H18ClF2NO/c1-2-17-11(10-4-6-18-12(10)14)7-9-3-5-13(15,16)8-9/h4,6,9,11,17H,2-3,5,7-8H2,1H3. The normalized spacial score (nSPS) is 24.3. The first-order valence-corrected chi connectivity index (χ1v) is 6.73. The van der Waals surface area contributed by atoms with Crippen LogP contribution in [0.2, 0.25) is 5.22 Å². The Balaban J connectivity index is 2.02. The molecule has 0 amide bonds. The Kier molecular flexibility index (Phi) is 4.28. The topological polar surface area (TPSA) is 25.2 Å². The maximum absolute atomic E-state index is 13.2. The van der Waals surface area contributed by atoms with E-state index in [4.69, 9.17) is 16.0 Å². The van der Waals surface area contributed by atoms with Crippen molar-refractivity contribution in [1.82, 2.24) is 5.32 Å². The van der Waals surface area contributed by atoms with Crippen molar-refractivity contribution in [2.24, 2.45) is 5.92 Å². The second-order valence-corrected chi connectivity index (χ2v) is 5.30. The Morgan fingerprint density at radius 2 is 2.39 bits per heavy atom. The highest BCUT2D eigenvalue weighted by Crippen LogP contribution is 2.43. The van der Waals surface area contributed by atoms with Crippen molar-refractivity contribution in [2.45, 2.75) is 44.6 Å². The zero-order valence-electron chi connectivity index (χ0n) is 10.4. The minimum atomic E-state index is -2.48. The number of nitrogens with one attached hydrogen (secondary N) is 1. The summed E-state index contributed by atoms with van der Waals surface area (Å²) in [4.78, 5) is 0. The van der Waals surface area contributed by atoms with Crippen LogP contribution in [-0.2, 0) is 0 Å². The van der Waals surface area contributed by atoms with Crippen molar-refractivity contribution < 1.29 is 13.2 Å². The van der Waals surface area contributed by atoms with Gasteiger partial charge in [-0.1, -0.05) is 6.92 Å². The molecule has 0 spiro atoms. The zero-order chi connectivity index (χ0) is 13.2. The first-order chi connectivity index (χ1) is 8.52. The van der Waals surface area contributed by atoms with Gasteiger partial charge in [0.2, 0.25) is 5.92 Å². The first-order valence-electron chi connectivity index (χ1n) is 6.36. The second kappa shape index (κ2) is 5.57. The summed E-state index contributed by atoms with van der Waals surface area (Å²) in [5, 5.41) is 3.64. The van der Waals surface area contributed by atoms with E-state index in [-0.39, 0.29) is 24.8 Å². The van der Waals surface area contributed by atoms with Gasteiger partial charge in [0.1, 0.15) is 0 Å². The lowest BCUT2D eigenvalue weighted by atomic mass is 9.95. The summed E-state index contributed by atoms with van der Waals surface area (Å²) in [5.41, 5.74) is 0.869. The van der Waals surface area contributed by atoms with Gasteiger partial charge in [0.25, 0.3) is 0 Å². The van der Waals surface area contributed by atoms with Crippen LogP contribution in [-0.4, -0.2) is 12.5 Å². The predicted octanol–water partition coefficient (Wildman–Crippen LogP) is 4.41. The summed E-state index contributed by atoms with van der Waals surface area (Å²) in [5.74, 6) is -2.43. The average molecular weight is 278 g/mol. The molecular formula is C13H18ClF2NO. The van der Waals surface area contributed by atoms with Gasteiger partial charge in [0.05, 0.1) is 6.26 Å². The van der Waals surface area contributed by atoms with E-state index in [0.29, 0.717) is 18.1 Å². The van der Waals surface area contributed by atoms with Crippen LogP contribution in [0.1, 0.15) is 44.2 Å². The van der Waals surface area contributed by atoms with E-state index in [0.717, 1.165) is 12.1 Å². The highest BCUT2D eigenvalue weighted by atomic mass is 35.5. The molecule has 1 aliphatic rings. The SMILES string of the molecule is CCNC(CC1CCC(F)(F)C1)c1ccoc1Cl. The fourth-order valence-corrected chi connectivity index (χ4v) is 2.94. The molecule has 2 rings (SSSR count). The Bertz CT molecular complexity index is 394. The van der Waals surface area contributed by atoms with Gasteiger partial charge in [-0.2, -0.15) is 0 Å². The quantitative estimate of drug-likeness (QED) is 0.862. The molecule has 1 aliphatic carbocycles. The third-order valence-corrected chi connectivity index (χ3v) is 3.85. The van der Waals surface area contributed by atoms with E-state index in [1.807, 2.05) is 13.0 Å². The van der Waals surface area contributed by atoms with Gasteiger partial charge in [0, 0.05) is 24.4 Å². The van der Waals surface area contributed by atoms with E-state index >= 15 is 0 Å². The van der Waals surface area contributed by atoms with E-state index in [1.54, 1.807) is 0 Å². The average Bonchev–Trinajstić information content (AvgIpc) is 2.84. The molecular weight excluding hydrogens is 260 g/mol. The molecule has 0 aliphatic heterocycles. The van der Waals surface area contributed by atoms with Crippen LogP contribution in [0, 0.1) is 5.92 Å². The summed E-state index contributed by atoms with van der Waals surface area (Å²) in [6.45, 7) is 2.76. The monoisotopic (exact) mass is 277 g/mol. The predicted molar refractivity (Wildman–Crippen MR) is 67.0 cm³/mol. The highest BCUT2D eigenvalue weighted by molar-refractivity contribution is 6.29. The fraction of sp³-hybridized carbons (Fsp3) is 0.692. The number of halogens is 3. The minimum Gasteiger partial charge on any atom is -0.453 e. The van der Waals surface area contributed by atoms with Crippen molar-refractivity contribution in [2.75, 3.05) is 6.54 Å². The van der Waals surface area contributed by atoms with Gasteiger partial charge in [-0.15, -0.1) is 0 Å². The number of hydrogen-bond donors (Lipinski definition) is 1. The van der Waals surface area contributed by atoms with Crippen molar-refractivity contribution >= 4 is 11.6 Å². The number of hydrogen-bond acceptors (Lipinski definition) is 2.